The average molecular weight is 249 g/mol. The molecule has 1 unspecified atom stereocenters. The van der Waals surface area contributed by atoms with Gasteiger partial charge in [-0.2, -0.15) is 0 Å². The van der Waals surface area contributed by atoms with Crippen LogP contribution in [0, 0.1) is 5.92 Å². The summed E-state index contributed by atoms with van der Waals surface area (Å²) in [6.45, 7) is 4.72. The lowest BCUT2D eigenvalue weighted by molar-refractivity contribution is -0.121. The van der Waals surface area contributed by atoms with Gasteiger partial charge >= 0.3 is 0 Å². The number of nitrogens with two attached hydrogens (primary N) is 2. The zero-order valence-electron chi connectivity index (χ0n) is 11.1. The van der Waals surface area contributed by atoms with E-state index in [0.29, 0.717) is 24.6 Å². The summed E-state index contributed by atoms with van der Waals surface area (Å²) in [5.41, 5.74) is 12.9. The van der Waals surface area contributed by atoms with Crippen molar-refractivity contribution in [2.45, 2.75) is 32.7 Å². The summed E-state index contributed by atoms with van der Waals surface area (Å²) in [5.74, 6) is 0.534. The van der Waals surface area contributed by atoms with E-state index in [4.69, 9.17) is 11.5 Å². The lowest BCUT2D eigenvalue weighted by atomic mass is 10.0. The molecule has 0 heterocycles. The van der Waals surface area contributed by atoms with E-state index in [1.807, 2.05) is 12.1 Å². The number of hydrogen-bond acceptors (Lipinski definition) is 3. The maximum atomic E-state index is 11.9. The number of hydrogen-bond donors (Lipinski definition) is 3. The average Bonchev–Trinajstić information content (AvgIpc) is 2.30. The van der Waals surface area contributed by atoms with Gasteiger partial charge in [-0.05, 0) is 30.0 Å². The molecule has 5 N–H and O–H groups in total. The van der Waals surface area contributed by atoms with Crippen LogP contribution in [0.2, 0.25) is 0 Å². The van der Waals surface area contributed by atoms with Gasteiger partial charge in [0.15, 0.2) is 0 Å². The summed E-state index contributed by atoms with van der Waals surface area (Å²) in [4.78, 5) is 11.9. The minimum absolute atomic E-state index is 0.0101. The second kappa shape index (κ2) is 7.01. The normalized spacial score (nSPS) is 12.4. The molecule has 0 fully saturated rings. The van der Waals surface area contributed by atoms with Crippen molar-refractivity contribution in [3.63, 3.8) is 0 Å². The second-order valence-corrected chi connectivity index (χ2v) is 5.05. The minimum atomic E-state index is 0.0101. The van der Waals surface area contributed by atoms with Gasteiger partial charge < -0.3 is 16.8 Å². The Morgan fingerprint density at radius 1 is 1.28 bits per heavy atom. The van der Waals surface area contributed by atoms with Gasteiger partial charge in [-0.15, -0.1) is 0 Å². The van der Waals surface area contributed by atoms with E-state index < -0.39 is 0 Å². The van der Waals surface area contributed by atoms with Gasteiger partial charge in [-0.3, -0.25) is 4.79 Å². The van der Waals surface area contributed by atoms with Gasteiger partial charge in [0.05, 0.1) is 6.42 Å². The maximum absolute atomic E-state index is 11.9. The Morgan fingerprint density at radius 2 is 1.89 bits per heavy atom. The van der Waals surface area contributed by atoms with Crippen molar-refractivity contribution in [1.29, 1.82) is 0 Å². The molecule has 0 saturated carbocycles. The molecule has 4 heteroatoms. The number of benzene rings is 1. The van der Waals surface area contributed by atoms with Crippen LogP contribution in [-0.2, 0) is 11.2 Å². The number of anilines is 1. The molecule has 1 rings (SSSR count). The van der Waals surface area contributed by atoms with E-state index in [0.717, 1.165) is 12.0 Å². The van der Waals surface area contributed by atoms with E-state index in [9.17, 15) is 4.79 Å². The van der Waals surface area contributed by atoms with Gasteiger partial charge in [-0.25, -0.2) is 0 Å². The molecule has 18 heavy (non-hydrogen) atoms. The Balaban J connectivity index is 2.47. The lowest BCUT2D eigenvalue weighted by Gasteiger charge is -2.18. The molecule has 1 amide bonds. The van der Waals surface area contributed by atoms with Gasteiger partial charge in [0.2, 0.25) is 5.91 Å². The van der Waals surface area contributed by atoms with Crippen molar-refractivity contribution in [2.24, 2.45) is 11.7 Å². The van der Waals surface area contributed by atoms with Crippen molar-refractivity contribution >= 4 is 11.6 Å². The highest BCUT2D eigenvalue weighted by atomic mass is 16.1. The first-order valence-electron chi connectivity index (χ1n) is 6.35. The fourth-order valence-electron chi connectivity index (χ4n) is 1.88. The van der Waals surface area contributed by atoms with Gasteiger partial charge in [0.1, 0.15) is 0 Å². The van der Waals surface area contributed by atoms with Crippen molar-refractivity contribution in [1.82, 2.24) is 5.32 Å². The number of carbonyl (C=O) groups is 1. The molecule has 0 radical (unpaired) electrons. The van der Waals surface area contributed by atoms with Gasteiger partial charge in [0.25, 0.3) is 0 Å². The molecular formula is C14H23N3O. The maximum Gasteiger partial charge on any atom is 0.224 e. The molecule has 0 spiro atoms. The third-order valence-corrected chi connectivity index (χ3v) is 2.75. The predicted octanol–water partition coefficient (Wildman–Crippen LogP) is 1.30. The Kier molecular flexibility index (Phi) is 5.65. The third kappa shape index (κ3) is 5.19. The van der Waals surface area contributed by atoms with E-state index >= 15 is 0 Å². The monoisotopic (exact) mass is 249 g/mol. The fourth-order valence-corrected chi connectivity index (χ4v) is 1.88. The van der Waals surface area contributed by atoms with Crippen LogP contribution in [0.3, 0.4) is 0 Å². The molecule has 1 atom stereocenters. The third-order valence-electron chi connectivity index (χ3n) is 2.75. The SMILES string of the molecule is CC(C)CC(CN)NC(=O)Cc1ccc(N)cc1. The molecule has 0 aliphatic carbocycles. The molecular weight excluding hydrogens is 226 g/mol. The lowest BCUT2D eigenvalue weighted by Crippen LogP contribution is -2.41. The van der Waals surface area contributed by atoms with Crippen LogP contribution >= 0.6 is 0 Å². The number of rotatable bonds is 6. The first-order chi connectivity index (χ1) is 8.51. The molecule has 0 aromatic heterocycles. The molecule has 0 bridgehead atoms. The largest absolute Gasteiger partial charge is 0.399 e. The van der Waals surface area contributed by atoms with E-state index in [1.165, 1.54) is 0 Å². The molecule has 0 aliphatic heterocycles. The molecule has 100 valence electrons. The predicted molar refractivity (Wildman–Crippen MR) is 75.0 cm³/mol. The van der Waals surface area contributed by atoms with Crippen LogP contribution in [0.1, 0.15) is 25.8 Å². The number of amides is 1. The number of carbonyl (C=O) groups excluding carboxylic acids is 1. The summed E-state index contributed by atoms with van der Waals surface area (Å²) in [6, 6.07) is 7.41. The first kappa shape index (κ1) is 14.5. The molecule has 1 aromatic carbocycles. The highest BCUT2D eigenvalue weighted by molar-refractivity contribution is 5.79. The number of nitrogen functional groups attached to an aromatic ring is 1. The minimum Gasteiger partial charge on any atom is -0.399 e. The van der Waals surface area contributed by atoms with Crippen LogP contribution in [0.5, 0.6) is 0 Å². The van der Waals surface area contributed by atoms with Crippen molar-refractivity contribution in [3.05, 3.63) is 29.8 Å². The van der Waals surface area contributed by atoms with Gasteiger partial charge in [0, 0.05) is 18.3 Å². The van der Waals surface area contributed by atoms with Crippen LogP contribution < -0.4 is 16.8 Å². The first-order valence-corrected chi connectivity index (χ1v) is 6.35. The summed E-state index contributed by atoms with van der Waals surface area (Å²) >= 11 is 0. The van der Waals surface area contributed by atoms with Crippen LogP contribution in [0.4, 0.5) is 5.69 Å². The van der Waals surface area contributed by atoms with Crippen molar-refractivity contribution in [3.8, 4) is 0 Å². The summed E-state index contributed by atoms with van der Waals surface area (Å²) in [6.07, 6.45) is 1.28. The van der Waals surface area contributed by atoms with Crippen molar-refractivity contribution < 1.29 is 4.79 Å². The van der Waals surface area contributed by atoms with Crippen LogP contribution in [0.15, 0.2) is 24.3 Å². The van der Waals surface area contributed by atoms with Crippen LogP contribution in [0.25, 0.3) is 0 Å². The Bertz CT molecular complexity index is 373. The quantitative estimate of drug-likeness (QED) is 0.665. The highest BCUT2D eigenvalue weighted by Crippen LogP contribution is 2.07. The smallest absolute Gasteiger partial charge is 0.224 e. The number of nitrogens with one attached hydrogen (secondary N) is 1. The summed E-state index contributed by atoms with van der Waals surface area (Å²) in [7, 11) is 0. The molecule has 4 nitrogen and oxygen atoms in total. The van der Waals surface area contributed by atoms with E-state index in [1.54, 1.807) is 12.1 Å². The standard InChI is InChI=1S/C14H23N3O/c1-10(2)7-13(9-15)17-14(18)8-11-3-5-12(16)6-4-11/h3-6,10,13H,7-9,15-16H2,1-2H3,(H,17,18). The molecule has 0 aliphatic rings. The Morgan fingerprint density at radius 3 is 2.39 bits per heavy atom. The molecule has 0 saturated heterocycles. The Labute approximate surface area is 109 Å². The molecule has 1 aromatic rings. The highest BCUT2D eigenvalue weighted by Gasteiger charge is 2.12. The summed E-state index contributed by atoms with van der Waals surface area (Å²) < 4.78 is 0. The topological polar surface area (TPSA) is 81.1 Å². The van der Waals surface area contributed by atoms with Crippen molar-refractivity contribution in [2.75, 3.05) is 12.3 Å². The second-order valence-electron chi connectivity index (χ2n) is 5.05. The Hall–Kier alpha value is -1.55. The summed E-state index contributed by atoms with van der Waals surface area (Å²) in [5, 5.41) is 2.97. The van der Waals surface area contributed by atoms with Gasteiger partial charge in [-0.1, -0.05) is 26.0 Å². The van der Waals surface area contributed by atoms with Crippen LogP contribution in [-0.4, -0.2) is 18.5 Å². The fraction of sp³-hybridized carbons (Fsp3) is 0.500. The zero-order chi connectivity index (χ0) is 13.5. The van der Waals surface area contributed by atoms with E-state index in [2.05, 4.69) is 19.2 Å². The van der Waals surface area contributed by atoms with E-state index in [-0.39, 0.29) is 11.9 Å². The zero-order valence-corrected chi connectivity index (χ0v) is 11.1.